The number of rotatable bonds is 6. The van der Waals surface area contributed by atoms with Gasteiger partial charge in [-0.3, -0.25) is 10.6 Å². The van der Waals surface area contributed by atoms with E-state index >= 15 is 4.39 Å². The van der Waals surface area contributed by atoms with Gasteiger partial charge >= 0.3 is 0 Å². The summed E-state index contributed by atoms with van der Waals surface area (Å²) in [6, 6.07) is 18.9. The monoisotopic (exact) mass is 468 g/mol. The molecule has 0 bridgehead atoms. The van der Waals surface area contributed by atoms with Gasteiger partial charge in [-0.15, -0.1) is 29.9 Å². The molecular formula is C21H27Cl2FN6O. The molecule has 0 saturated carbocycles. The van der Waals surface area contributed by atoms with Crippen molar-refractivity contribution in [1.29, 1.82) is 0 Å². The molecule has 4 rings (SSSR count). The summed E-state index contributed by atoms with van der Waals surface area (Å²) in [6.45, 7) is 2.64. The van der Waals surface area contributed by atoms with Crippen molar-refractivity contribution in [1.82, 2.24) is 30.8 Å². The lowest BCUT2D eigenvalue weighted by molar-refractivity contribution is -0.199. The van der Waals surface area contributed by atoms with Gasteiger partial charge in [0.05, 0.1) is 6.04 Å². The molecule has 1 aliphatic rings. The number of hydrogen-bond donors (Lipinski definition) is 2. The molecular weight excluding hydrogens is 442 g/mol. The molecule has 2 aromatic carbocycles. The van der Waals surface area contributed by atoms with Gasteiger partial charge in [-0.1, -0.05) is 60.7 Å². The summed E-state index contributed by atoms with van der Waals surface area (Å²) in [5, 5.41) is 18.2. The van der Waals surface area contributed by atoms with Gasteiger partial charge in [0.1, 0.15) is 5.82 Å². The van der Waals surface area contributed by atoms with E-state index in [0.29, 0.717) is 18.9 Å². The summed E-state index contributed by atoms with van der Waals surface area (Å²) < 4.78 is 24.4. The highest BCUT2D eigenvalue weighted by Gasteiger charge is 2.58. The van der Waals surface area contributed by atoms with Crippen LogP contribution in [0.5, 0.6) is 0 Å². The highest BCUT2D eigenvalue weighted by molar-refractivity contribution is 5.85. The normalized spacial score (nSPS) is 25.3. The number of ether oxygens (including phenoxy) is 1. The first kappa shape index (κ1) is 25.2. The molecule has 2 N–H and O–H groups in total. The Morgan fingerprint density at radius 2 is 1.77 bits per heavy atom. The van der Waals surface area contributed by atoms with E-state index < -0.39 is 11.5 Å². The number of piperidine rings is 1. The first-order valence-electron chi connectivity index (χ1n) is 9.66. The number of aromatic nitrogens is 4. The number of nitrogens with one attached hydrogen (secondary N) is 2. The van der Waals surface area contributed by atoms with Crippen molar-refractivity contribution >= 4 is 24.8 Å². The van der Waals surface area contributed by atoms with Gasteiger partial charge in [0, 0.05) is 32.2 Å². The number of alkyl halides is 1. The molecule has 0 aliphatic carbocycles. The van der Waals surface area contributed by atoms with Gasteiger partial charge in [0.2, 0.25) is 5.79 Å². The molecule has 0 radical (unpaired) electrons. The Labute approximate surface area is 193 Å². The third kappa shape index (κ3) is 4.73. The SMILES string of the molecule is CO[C@]1(c2ccccc2)NCC(n2nnnc2C)C[C@@]1(F)NCc1ccccc1.Cl.Cl. The van der Waals surface area contributed by atoms with Crippen molar-refractivity contribution in [3.63, 3.8) is 0 Å². The highest BCUT2D eigenvalue weighted by Crippen LogP contribution is 2.44. The Kier molecular flexibility index (Phi) is 8.50. The third-order valence-electron chi connectivity index (χ3n) is 5.57. The second-order valence-corrected chi connectivity index (χ2v) is 7.30. The van der Waals surface area contributed by atoms with E-state index in [-0.39, 0.29) is 37.3 Å². The lowest BCUT2D eigenvalue weighted by Gasteiger charge is -2.50. The smallest absolute Gasteiger partial charge is 0.211 e. The van der Waals surface area contributed by atoms with Gasteiger partial charge in [0.15, 0.2) is 5.72 Å². The van der Waals surface area contributed by atoms with E-state index in [2.05, 4.69) is 26.2 Å². The molecule has 1 saturated heterocycles. The number of halogens is 3. The Balaban J connectivity index is 0.00000171. The molecule has 0 spiro atoms. The molecule has 1 unspecified atom stereocenters. The van der Waals surface area contributed by atoms with Crippen molar-refractivity contribution in [2.75, 3.05) is 13.7 Å². The Morgan fingerprint density at radius 3 is 2.35 bits per heavy atom. The van der Waals surface area contributed by atoms with E-state index in [4.69, 9.17) is 4.74 Å². The van der Waals surface area contributed by atoms with Crippen LogP contribution < -0.4 is 10.6 Å². The number of nitrogens with zero attached hydrogens (tertiary/aromatic N) is 4. The third-order valence-corrected chi connectivity index (χ3v) is 5.57. The fourth-order valence-corrected chi connectivity index (χ4v) is 4.08. The minimum atomic E-state index is -1.92. The van der Waals surface area contributed by atoms with Crippen LogP contribution in [-0.2, 0) is 17.0 Å². The van der Waals surface area contributed by atoms with Gasteiger partial charge in [-0.05, 0) is 22.9 Å². The average Bonchev–Trinajstić information content (AvgIpc) is 3.20. The molecule has 3 atom stereocenters. The maximum atomic E-state index is 16.9. The summed E-state index contributed by atoms with van der Waals surface area (Å²) in [4.78, 5) is 0. The lowest BCUT2D eigenvalue weighted by atomic mass is 9.83. The molecule has 1 aliphatic heterocycles. The van der Waals surface area contributed by atoms with E-state index in [9.17, 15) is 0 Å². The topological polar surface area (TPSA) is 76.9 Å². The van der Waals surface area contributed by atoms with Crippen LogP contribution in [0.4, 0.5) is 4.39 Å². The van der Waals surface area contributed by atoms with Crippen LogP contribution >= 0.6 is 24.8 Å². The minimum absolute atomic E-state index is 0. The quantitative estimate of drug-likeness (QED) is 0.540. The van der Waals surface area contributed by atoms with E-state index in [1.165, 1.54) is 7.11 Å². The zero-order chi connectivity index (χ0) is 20.3. The van der Waals surface area contributed by atoms with Crippen molar-refractivity contribution < 1.29 is 9.13 Å². The summed E-state index contributed by atoms with van der Waals surface area (Å²) in [6.07, 6.45) is 0.140. The van der Waals surface area contributed by atoms with Crippen LogP contribution in [0.2, 0.25) is 0 Å². The lowest BCUT2D eigenvalue weighted by Crippen LogP contribution is -2.70. The van der Waals surface area contributed by atoms with Gasteiger partial charge in [-0.2, -0.15) is 0 Å². The Morgan fingerprint density at radius 1 is 1.13 bits per heavy atom. The van der Waals surface area contributed by atoms with Crippen LogP contribution in [0.15, 0.2) is 60.7 Å². The predicted molar refractivity (Wildman–Crippen MR) is 121 cm³/mol. The fourth-order valence-electron chi connectivity index (χ4n) is 4.08. The predicted octanol–water partition coefficient (Wildman–Crippen LogP) is 3.31. The number of methoxy groups -OCH3 is 1. The van der Waals surface area contributed by atoms with E-state index in [1.807, 2.05) is 67.6 Å². The molecule has 3 aromatic rings. The second kappa shape index (κ2) is 10.5. The molecule has 0 amide bonds. The fraction of sp³-hybridized carbons (Fsp3) is 0.381. The average molecular weight is 469 g/mol. The molecule has 1 aromatic heterocycles. The highest BCUT2D eigenvalue weighted by atomic mass is 35.5. The molecule has 7 nitrogen and oxygen atoms in total. The zero-order valence-corrected chi connectivity index (χ0v) is 19.0. The summed E-state index contributed by atoms with van der Waals surface area (Å²) in [7, 11) is 1.53. The molecule has 168 valence electrons. The summed E-state index contributed by atoms with van der Waals surface area (Å²) in [5.41, 5.74) is 0.363. The van der Waals surface area contributed by atoms with Crippen LogP contribution in [0.3, 0.4) is 0 Å². The number of benzene rings is 2. The summed E-state index contributed by atoms with van der Waals surface area (Å²) in [5.74, 6) is -1.27. The minimum Gasteiger partial charge on any atom is -0.355 e. The van der Waals surface area contributed by atoms with Crippen LogP contribution in [0.1, 0.15) is 29.4 Å². The molecule has 10 heteroatoms. The zero-order valence-electron chi connectivity index (χ0n) is 17.4. The Bertz CT molecular complexity index is 947. The Hall–Kier alpha value is -2.10. The standard InChI is InChI=1S/C21H25FN6O.2ClH/c1-16-25-26-27-28(16)19-13-20(22,23-14-17-9-5-3-6-10-17)21(29-2,24-15-19)18-11-7-4-8-12-18;;/h3-12,19,23-24H,13-15H2,1-2H3;2*1H/t19?,20-,21+;;/m1../s1. The van der Waals surface area contributed by atoms with E-state index in [0.717, 1.165) is 11.1 Å². The van der Waals surface area contributed by atoms with Crippen LogP contribution in [0, 0.1) is 6.92 Å². The maximum absolute atomic E-state index is 16.9. The molecule has 31 heavy (non-hydrogen) atoms. The van der Waals surface area contributed by atoms with Crippen molar-refractivity contribution in [2.24, 2.45) is 0 Å². The molecule has 1 fully saturated rings. The van der Waals surface area contributed by atoms with Gasteiger partial charge < -0.3 is 4.74 Å². The largest absolute Gasteiger partial charge is 0.355 e. The second-order valence-electron chi connectivity index (χ2n) is 7.30. The summed E-state index contributed by atoms with van der Waals surface area (Å²) >= 11 is 0. The van der Waals surface area contributed by atoms with E-state index in [1.54, 1.807) is 4.68 Å². The van der Waals surface area contributed by atoms with Crippen LogP contribution in [0.25, 0.3) is 0 Å². The van der Waals surface area contributed by atoms with Crippen LogP contribution in [-0.4, -0.2) is 39.7 Å². The first-order chi connectivity index (χ1) is 14.1. The van der Waals surface area contributed by atoms with Crippen molar-refractivity contribution in [3.8, 4) is 0 Å². The first-order valence-corrected chi connectivity index (χ1v) is 9.66. The van der Waals surface area contributed by atoms with Gasteiger partial charge in [-0.25, -0.2) is 9.07 Å². The number of tetrazole rings is 1. The molecule has 2 heterocycles. The number of aryl methyl sites for hydroxylation is 1. The maximum Gasteiger partial charge on any atom is 0.211 e. The van der Waals surface area contributed by atoms with Crippen molar-refractivity contribution in [3.05, 3.63) is 77.6 Å². The van der Waals surface area contributed by atoms with Crippen molar-refractivity contribution in [2.45, 2.75) is 37.4 Å². The number of hydrogen-bond acceptors (Lipinski definition) is 6. The van der Waals surface area contributed by atoms with Gasteiger partial charge in [0.25, 0.3) is 0 Å².